The highest BCUT2D eigenvalue weighted by molar-refractivity contribution is 6.31. The van der Waals surface area contributed by atoms with Crippen LogP contribution in [0.25, 0.3) is 0 Å². The first-order chi connectivity index (χ1) is 10.5. The minimum Gasteiger partial charge on any atom is -0.508 e. The summed E-state index contributed by atoms with van der Waals surface area (Å²) in [5.41, 5.74) is -0.504. The van der Waals surface area contributed by atoms with Crippen molar-refractivity contribution in [2.75, 3.05) is 0 Å². The van der Waals surface area contributed by atoms with Gasteiger partial charge in [0.15, 0.2) is 0 Å². The lowest BCUT2D eigenvalue weighted by Crippen LogP contribution is -2.11. The highest BCUT2D eigenvalue weighted by Gasteiger charge is 2.33. The lowest BCUT2D eigenvalue weighted by molar-refractivity contribution is -0.137. The zero-order valence-electron chi connectivity index (χ0n) is 12.8. The molecule has 2 aromatic rings. The highest BCUT2D eigenvalue weighted by Crippen LogP contribution is 2.39. The summed E-state index contributed by atoms with van der Waals surface area (Å²) in [4.78, 5) is 0. The van der Waals surface area contributed by atoms with Crippen LogP contribution in [0.15, 0.2) is 36.4 Å². The van der Waals surface area contributed by atoms with Gasteiger partial charge in [0, 0.05) is 6.07 Å². The molecule has 0 spiro atoms. The molecule has 0 aliphatic heterocycles. The predicted molar refractivity (Wildman–Crippen MR) is 83.3 cm³/mol. The van der Waals surface area contributed by atoms with E-state index in [2.05, 4.69) is 0 Å². The molecule has 0 fully saturated rings. The molecular weight excluding hydrogens is 329 g/mol. The summed E-state index contributed by atoms with van der Waals surface area (Å²) in [7, 11) is 0. The molecule has 0 aliphatic carbocycles. The molecule has 124 valence electrons. The Morgan fingerprint density at radius 2 is 1.48 bits per heavy atom. The fourth-order valence-electron chi connectivity index (χ4n) is 2.13. The van der Waals surface area contributed by atoms with E-state index in [1.807, 2.05) is 20.8 Å². The smallest absolute Gasteiger partial charge is 0.417 e. The molecule has 0 aromatic heterocycles. The molecule has 0 aliphatic rings. The fourth-order valence-corrected chi connectivity index (χ4v) is 2.36. The third-order valence-electron chi connectivity index (χ3n) is 3.26. The molecule has 0 heterocycles. The van der Waals surface area contributed by atoms with Gasteiger partial charge < -0.3 is 9.84 Å². The van der Waals surface area contributed by atoms with Crippen molar-refractivity contribution in [1.82, 2.24) is 0 Å². The van der Waals surface area contributed by atoms with Gasteiger partial charge in [-0.1, -0.05) is 38.4 Å². The van der Waals surface area contributed by atoms with Gasteiger partial charge in [0.25, 0.3) is 0 Å². The number of ether oxygens (including phenoxy) is 1. The molecule has 0 atom stereocenters. The summed E-state index contributed by atoms with van der Waals surface area (Å²) in [6.07, 6.45) is -4.56. The van der Waals surface area contributed by atoms with Crippen LogP contribution in [0.2, 0.25) is 5.02 Å². The van der Waals surface area contributed by atoms with Gasteiger partial charge in [0.05, 0.1) is 10.6 Å². The van der Waals surface area contributed by atoms with Crippen LogP contribution in [0.4, 0.5) is 13.2 Å². The van der Waals surface area contributed by atoms with Gasteiger partial charge in [-0.2, -0.15) is 13.2 Å². The van der Waals surface area contributed by atoms with Crippen molar-refractivity contribution in [3.8, 4) is 17.2 Å². The maximum atomic E-state index is 12.8. The zero-order valence-corrected chi connectivity index (χ0v) is 13.6. The van der Waals surface area contributed by atoms with Crippen molar-refractivity contribution in [3.63, 3.8) is 0 Å². The number of benzene rings is 2. The first-order valence-electron chi connectivity index (χ1n) is 6.86. The Morgan fingerprint density at radius 1 is 0.913 bits per heavy atom. The van der Waals surface area contributed by atoms with E-state index in [9.17, 15) is 18.3 Å². The summed E-state index contributed by atoms with van der Waals surface area (Å²) >= 11 is 5.56. The minimum absolute atomic E-state index is 0.00960. The average Bonchev–Trinajstić information content (AvgIpc) is 2.38. The topological polar surface area (TPSA) is 29.5 Å². The molecular formula is C17H16ClF3O2. The number of aromatic hydroxyl groups is 1. The molecule has 2 nitrogen and oxygen atoms in total. The SMILES string of the molecule is CC(C)(C)c1ccc(Oc2ccc(Cl)c(C(F)(F)F)c2)cc1O. The second-order valence-electron chi connectivity index (χ2n) is 6.17. The van der Waals surface area contributed by atoms with Crippen molar-refractivity contribution in [3.05, 3.63) is 52.5 Å². The molecule has 1 N–H and O–H groups in total. The molecule has 23 heavy (non-hydrogen) atoms. The normalized spacial score (nSPS) is 12.3. The quantitative estimate of drug-likeness (QED) is 0.707. The zero-order chi connectivity index (χ0) is 17.4. The van der Waals surface area contributed by atoms with Crippen LogP contribution in [0.3, 0.4) is 0 Å². The van der Waals surface area contributed by atoms with Gasteiger partial charge in [-0.15, -0.1) is 0 Å². The summed E-state index contributed by atoms with van der Waals surface area (Å²) in [6.45, 7) is 5.83. The van der Waals surface area contributed by atoms with Gasteiger partial charge >= 0.3 is 6.18 Å². The first-order valence-corrected chi connectivity index (χ1v) is 7.24. The average molecular weight is 345 g/mol. The van der Waals surface area contributed by atoms with Crippen molar-refractivity contribution in [1.29, 1.82) is 0 Å². The summed E-state index contributed by atoms with van der Waals surface area (Å²) in [6, 6.07) is 7.96. The second-order valence-corrected chi connectivity index (χ2v) is 6.58. The first kappa shape index (κ1) is 17.5. The maximum Gasteiger partial charge on any atom is 0.417 e. The Labute approximate surface area is 137 Å². The van der Waals surface area contributed by atoms with Crippen molar-refractivity contribution < 1.29 is 23.0 Å². The van der Waals surface area contributed by atoms with E-state index in [1.54, 1.807) is 12.1 Å². The summed E-state index contributed by atoms with van der Waals surface area (Å²) in [5, 5.41) is 9.66. The highest BCUT2D eigenvalue weighted by atomic mass is 35.5. The second kappa shape index (κ2) is 5.96. The number of phenols is 1. The fraction of sp³-hybridized carbons (Fsp3) is 0.294. The molecule has 2 rings (SSSR count). The molecule has 0 bridgehead atoms. The summed E-state index contributed by atoms with van der Waals surface area (Å²) < 4.78 is 43.9. The number of halogens is 4. The van der Waals surface area contributed by atoms with E-state index in [0.29, 0.717) is 0 Å². The minimum atomic E-state index is -4.56. The monoisotopic (exact) mass is 344 g/mol. The van der Waals surface area contributed by atoms with E-state index in [-0.39, 0.29) is 22.7 Å². The van der Waals surface area contributed by atoms with Crippen LogP contribution in [0.1, 0.15) is 31.9 Å². The Hall–Kier alpha value is -1.88. The largest absolute Gasteiger partial charge is 0.508 e. The molecule has 6 heteroatoms. The lowest BCUT2D eigenvalue weighted by Gasteiger charge is -2.21. The Balaban J connectivity index is 2.32. The van der Waals surface area contributed by atoms with Crippen LogP contribution in [0, 0.1) is 0 Å². The standard InChI is InChI=1S/C17H16ClF3O2/c1-16(2,3)12-6-4-11(9-15(12)22)23-10-5-7-14(18)13(8-10)17(19,20)21/h4-9,22H,1-3H3. The summed E-state index contributed by atoms with van der Waals surface area (Å²) in [5.74, 6) is 0.260. The van der Waals surface area contributed by atoms with Gasteiger partial charge in [-0.05, 0) is 35.2 Å². The van der Waals surface area contributed by atoms with E-state index in [0.717, 1.165) is 17.7 Å². The molecule has 2 aromatic carbocycles. The Bertz CT molecular complexity index is 719. The Kier molecular flexibility index (Phi) is 4.53. The molecule has 0 saturated heterocycles. The maximum absolute atomic E-state index is 12.8. The molecule has 0 radical (unpaired) electrons. The van der Waals surface area contributed by atoms with Gasteiger partial charge in [0.2, 0.25) is 0 Å². The third-order valence-corrected chi connectivity index (χ3v) is 3.59. The Morgan fingerprint density at radius 3 is 2.00 bits per heavy atom. The van der Waals surface area contributed by atoms with Crippen LogP contribution < -0.4 is 4.74 Å². The van der Waals surface area contributed by atoms with E-state index < -0.39 is 16.8 Å². The van der Waals surface area contributed by atoms with Crippen molar-refractivity contribution in [2.45, 2.75) is 32.4 Å². The van der Waals surface area contributed by atoms with E-state index >= 15 is 0 Å². The van der Waals surface area contributed by atoms with Crippen molar-refractivity contribution in [2.24, 2.45) is 0 Å². The van der Waals surface area contributed by atoms with Gasteiger partial charge in [-0.25, -0.2) is 0 Å². The number of hydrogen-bond acceptors (Lipinski definition) is 2. The van der Waals surface area contributed by atoms with Crippen LogP contribution >= 0.6 is 11.6 Å². The van der Waals surface area contributed by atoms with E-state index in [4.69, 9.17) is 16.3 Å². The molecule has 0 amide bonds. The van der Waals surface area contributed by atoms with Crippen LogP contribution in [0.5, 0.6) is 17.2 Å². The van der Waals surface area contributed by atoms with Gasteiger partial charge in [-0.3, -0.25) is 0 Å². The lowest BCUT2D eigenvalue weighted by atomic mass is 9.86. The predicted octanol–water partition coefficient (Wildman–Crippen LogP) is 6.15. The van der Waals surface area contributed by atoms with E-state index in [1.165, 1.54) is 12.1 Å². The molecule has 0 saturated carbocycles. The van der Waals surface area contributed by atoms with Crippen LogP contribution in [-0.4, -0.2) is 5.11 Å². The number of rotatable bonds is 2. The molecule has 0 unspecified atom stereocenters. The number of alkyl halides is 3. The van der Waals surface area contributed by atoms with Crippen LogP contribution in [-0.2, 0) is 11.6 Å². The third kappa shape index (κ3) is 4.10. The number of phenolic OH excluding ortho intramolecular Hbond substituents is 1. The van der Waals surface area contributed by atoms with Gasteiger partial charge in [0.1, 0.15) is 17.2 Å². The number of hydrogen-bond donors (Lipinski definition) is 1. The van der Waals surface area contributed by atoms with Crippen molar-refractivity contribution >= 4 is 11.6 Å².